The summed E-state index contributed by atoms with van der Waals surface area (Å²) in [5.74, 6) is -0.152. The molecule has 0 saturated heterocycles. The molecule has 2 rings (SSSR count). The first-order valence-corrected chi connectivity index (χ1v) is 7.00. The van der Waals surface area contributed by atoms with E-state index in [2.05, 4.69) is 5.32 Å². The first kappa shape index (κ1) is 15.3. The minimum Gasteiger partial charge on any atom is -0.484 e. The van der Waals surface area contributed by atoms with Crippen molar-refractivity contribution in [2.24, 2.45) is 16.9 Å². The Morgan fingerprint density at radius 2 is 2.24 bits per heavy atom. The van der Waals surface area contributed by atoms with Gasteiger partial charge >= 0.3 is 0 Å². The van der Waals surface area contributed by atoms with Gasteiger partial charge in [0, 0.05) is 17.8 Å². The predicted octanol–water partition coefficient (Wildman–Crippen LogP) is 1.01. The van der Waals surface area contributed by atoms with Crippen molar-refractivity contribution in [2.75, 3.05) is 11.9 Å². The summed E-state index contributed by atoms with van der Waals surface area (Å²) in [6, 6.07) is 6.74. The van der Waals surface area contributed by atoms with Crippen LogP contribution in [0.5, 0.6) is 5.75 Å². The van der Waals surface area contributed by atoms with Crippen molar-refractivity contribution in [3.63, 3.8) is 0 Å². The molecule has 6 nitrogen and oxygen atoms in total. The summed E-state index contributed by atoms with van der Waals surface area (Å²) < 4.78 is 5.21. The molecule has 0 radical (unpaired) electrons. The quantitative estimate of drug-likeness (QED) is 0.752. The maximum atomic E-state index is 12.4. The standard InChI is InChI=1S/C15H21N3O3/c1-15(7-3-6-12(15)16)14(20)18-10-4-2-5-11(8-10)21-9-13(17)19/h2,4-5,8,12H,3,6-7,9,16H2,1H3,(H2,17,19)(H,18,20). The zero-order chi connectivity index (χ0) is 15.5. The number of anilines is 1. The van der Waals surface area contributed by atoms with Crippen LogP contribution >= 0.6 is 0 Å². The van der Waals surface area contributed by atoms with Crippen molar-refractivity contribution in [1.29, 1.82) is 0 Å². The maximum Gasteiger partial charge on any atom is 0.255 e. The van der Waals surface area contributed by atoms with Crippen LogP contribution in [0, 0.1) is 5.41 Å². The van der Waals surface area contributed by atoms with Gasteiger partial charge in [-0.15, -0.1) is 0 Å². The van der Waals surface area contributed by atoms with Gasteiger partial charge in [-0.05, 0) is 31.9 Å². The highest BCUT2D eigenvalue weighted by Gasteiger charge is 2.42. The summed E-state index contributed by atoms with van der Waals surface area (Å²) in [7, 11) is 0. The molecule has 0 spiro atoms. The molecule has 1 aliphatic rings. The molecule has 0 heterocycles. The molecule has 1 fully saturated rings. The second-order valence-corrected chi connectivity index (χ2v) is 5.65. The fourth-order valence-electron chi connectivity index (χ4n) is 2.57. The minimum atomic E-state index is -0.547. The van der Waals surface area contributed by atoms with Crippen LogP contribution in [0.2, 0.25) is 0 Å². The summed E-state index contributed by atoms with van der Waals surface area (Å²) in [4.78, 5) is 23.1. The van der Waals surface area contributed by atoms with Gasteiger partial charge in [0.25, 0.3) is 5.91 Å². The molecule has 6 heteroatoms. The van der Waals surface area contributed by atoms with E-state index in [1.54, 1.807) is 24.3 Å². The number of ether oxygens (including phenoxy) is 1. The van der Waals surface area contributed by atoms with Crippen LogP contribution < -0.4 is 21.5 Å². The van der Waals surface area contributed by atoms with E-state index in [1.807, 2.05) is 6.92 Å². The molecule has 2 atom stereocenters. The molecule has 114 valence electrons. The molecule has 1 aliphatic carbocycles. The van der Waals surface area contributed by atoms with Gasteiger partial charge in [0.1, 0.15) is 5.75 Å². The van der Waals surface area contributed by atoms with Crippen LogP contribution in [-0.2, 0) is 9.59 Å². The smallest absolute Gasteiger partial charge is 0.255 e. The lowest BCUT2D eigenvalue weighted by molar-refractivity contribution is -0.125. The van der Waals surface area contributed by atoms with Gasteiger partial charge < -0.3 is 21.5 Å². The molecule has 5 N–H and O–H groups in total. The van der Waals surface area contributed by atoms with Crippen LogP contribution in [0.15, 0.2) is 24.3 Å². The highest BCUT2D eigenvalue weighted by atomic mass is 16.5. The SMILES string of the molecule is CC1(C(=O)Nc2cccc(OCC(N)=O)c2)CCCC1N. The van der Waals surface area contributed by atoms with E-state index in [0.717, 1.165) is 19.3 Å². The zero-order valence-corrected chi connectivity index (χ0v) is 12.1. The molecule has 2 amide bonds. The Morgan fingerprint density at radius 3 is 2.86 bits per heavy atom. The van der Waals surface area contributed by atoms with Gasteiger partial charge in [-0.2, -0.15) is 0 Å². The third-order valence-corrected chi connectivity index (χ3v) is 4.02. The first-order valence-electron chi connectivity index (χ1n) is 7.00. The van der Waals surface area contributed by atoms with Gasteiger partial charge in [0.2, 0.25) is 5.91 Å². The third kappa shape index (κ3) is 3.52. The second kappa shape index (κ2) is 6.13. The van der Waals surface area contributed by atoms with Gasteiger partial charge in [-0.3, -0.25) is 9.59 Å². The number of nitrogens with one attached hydrogen (secondary N) is 1. The van der Waals surface area contributed by atoms with Crippen molar-refractivity contribution < 1.29 is 14.3 Å². The number of hydrogen-bond donors (Lipinski definition) is 3. The summed E-state index contributed by atoms with van der Waals surface area (Å²) in [6.45, 7) is 1.70. The van der Waals surface area contributed by atoms with Crippen molar-refractivity contribution in [1.82, 2.24) is 0 Å². The molecule has 2 unspecified atom stereocenters. The van der Waals surface area contributed by atoms with Crippen molar-refractivity contribution in [3.8, 4) is 5.75 Å². The third-order valence-electron chi connectivity index (χ3n) is 4.02. The van der Waals surface area contributed by atoms with Crippen LogP contribution in [0.25, 0.3) is 0 Å². The number of rotatable bonds is 5. The molecule has 0 bridgehead atoms. The Labute approximate surface area is 123 Å². The summed E-state index contributed by atoms with van der Waals surface area (Å²) in [5, 5.41) is 2.87. The number of carbonyl (C=O) groups is 2. The van der Waals surface area contributed by atoms with E-state index in [9.17, 15) is 9.59 Å². The molecular formula is C15H21N3O3. The van der Waals surface area contributed by atoms with E-state index >= 15 is 0 Å². The number of primary amides is 1. The van der Waals surface area contributed by atoms with Crippen LogP contribution in [0.3, 0.4) is 0 Å². The summed E-state index contributed by atoms with van der Waals surface area (Å²) in [6.07, 6.45) is 2.62. The molecule has 1 saturated carbocycles. The minimum absolute atomic E-state index is 0.0837. The molecule has 0 aliphatic heterocycles. The van der Waals surface area contributed by atoms with E-state index in [1.165, 1.54) is 0 Å². The van der Waals surface area contributed by atoms with E-state index in [4.69, 9.17) is 16.2 Å². The van der Waals surface area contributed by atoms with Crippen LogP contribution in [0.1, 0.15) is 26.2 Å². The molecule has 1 aromatic rings. The number of carbonyl (C=O) groups excluding carboxylic acids is 2. The van der Waals surface area contributed by atoms with E-state index in [0.29, 0.717) is 11.4 Å². The molecule has 0 aromatic heterocycles. The van der Waals surface area contributed by atoms with Crippen molar-refractivity contribution in [2.45, 2.75) is 32.2 Å². The normalized spacial score (nSPS) is 24.6. The molecular weight excluding hydrogens is 270 g/mol. The van der Waals surface area contributed by atoms with Gasteiger partial charge in [0.05, 0.1) is 5.41 Å². The largest absolute Gasteiger partial charge is 0.484 e. The van der Waals surface area contributed by atoms with E-state index < -0.39 is 11.3 Å². The summed E-state index contributed by atoms with van der Waals surface area (Å²) in [5.41, 5.74) is 11.1. The topological polar surface area (TPSA) is 107 Å². The Balaban J connectivity index is 2.04. The Bertz CT molecular complexity index is 547. The van der Waals surface area contributed by atoms with Crippen LogP contribution in [0.4, 0.5) is 5.69 Å². The highest BCUT2D eigenvalue weighted by Crippen LogP contribution is 2.37. The van der Waals surface area contributed by atoms with E-state index in [-0.39, 0.29) is 18.6 Å². The lowest BCUT2D eigenvalue weighted by Crippen LogP contribution is -2.44. The second-order valence-electron chi connectivity index (χ2n) is 5.65. The van der Waals surface area contributed by atoms with Crippen molar-refractivity contribution >= 4 is 17.5 Å². The predicted molar refractivity (Wildman–Crippen MR) is 79.7 cm³/mol. The fourth-order valence-corrected chi connectivity index (χ4v) is 2.57. The lowest BCUT2D eigenvalue weighted by atomic mass is 9.84. The zero-order valence-electron chi connectivity index (χ0n) is 12.1. The molecule has 1 aromatic carbocycles. The maximum absolute atomic E-state index is 12.4. The Morgan fingerprint density at radius 1 is 1.48 bits per heavy atom. The van der Waals surface area contributed by atoms with Gasteiger partial charge in [0.15, 0.2) is 6.61 Å². The number of hydrogen-bond acceptors (Lipinski definition) is 4. The van der Waals surface area contributed by atoms with Crippen LogP contribution in [-0.4, -0.2) is 24.5 Å². The highest BCUT2D eigenvalue weighted by molar-refractivity contribution is 5.96. The Kier molecular flexibility index (Phi) is 4.47. The first-order chi connectivity index (χ1) is 9.91. The average Bonchev–Trinajstić information content (AvgIpc) is 2.78. The van der Waals surface area contributed by atoms with Crippen molar-refractivity contribution in [3.05, 3.63) is 24.3 Å². The number of nitrogens with two attached hydrogens (primary N) is 2. The van der Waals surface area contributed by atoms with Gasteiger partial charge in [-0.1, -0.05) is 12.5 Å². The fraction of sp³-hybridized carbons (Fsp3) is 0.467. The number of benzene rings is 1. The average molecular weight is 291 g/mol. The van der Waals surface area contributed by atoms with Gasteiger partial charge in [-0.25, -0.2) is 0 Å². The lowest BCUT2D eigenvalue weighted by Gasteiger charge is -2.27. The monoisotopic (exact) mass is 291 g/mol. The Hall–Kier alpha value is -2.08. The molecule has 21 heavy (non-hydrogen) atoms. The summed E-state index contributed by atoms with van der Waals surface area (Å²) >= 11 is 0. The number of amides is 2.